The van der Waals surface area contributed by atoms with Crippen LogP contribution in [0.4, 0.5) is 5.69 Å². The van der Waals surface area contributed by atoms with E-state index in [0.29, 0.717) is 18.0 Å². The number of nitrogens with one attached hydrogen (secondary N) is 2. The van der Waals surface area contributed by atoms with Gasteiger partial charge >= 0.3 is 0 Å². The third kappa shape index (κ3) is 5.28. The molecule has 0 spiro atoms. The van der Waals surface area contributed by atoms with Crippen LogP contribution in [0, 0.1) is 0 Å². The van der Waals surface area contributed by atoms with Crippen molar-refractivity contribution in [2.45, 2.75) is 17.9 Å². The van der Waals surface area contributed by atoms with E-state index in [1.54, 1.807) is 42.7 Å². The van der Waals surface area contributed by atoms with Crippen molar-refractivity contribution in [3.63, 3.8) is 0 Å². The van der Waals surface area contributed by atoms with E-state index < -0.39 is 10.0 Å². The van der Waals surface area contributed by atoms with Crippen molar-refractivity contribution in [1.82, 2.24) is 5.32 Å². The number of amides is 1. The highest BCUT2D eigenvalue weighted by Gasteiger charge is 2.16. The molecule has 3 rings (SSSR count). The van der Waals surface area contributed by atoms with Crippen LogP contribution in [-0.2, 0) is 27.8 Å². The first-order valence-electron chi connectivity index (χ1n) is 8.19. The summed E-state index contributed by atoms with van der Waals surface area (Å²) in [6.07, 6.45) is 1.71. The minimum atomic E-state index is -3.81. The molecule has 0 aliphatic carbocycles. The summed E-state index contributed by atoms with van der Waals surface area (Å²) in [5, 5.41) is 3.18. The molecular formula is C19H16Cl2N2O4S. The average molecular weight is 439 g/mol. The fourth-order valence-electron chi connectivity index (χ4n) is 2.40. The molecule has 2 N–H and O–H groups in total. The van der Waals surface area contributed by atoms with Gasteiger partial charge in [-0.15, -0.1) is 0 Å². The summed E-state index contributed by atoms with van der Waals surface area (Å²) in [5.41, 5.74) is 1.11. The number of carbonyl (C=O) groups excluding carboxylic acids is 1. The first-order chi connectivity index (χ1) is 13.3. The van der Waals surface area contributed by atoms with Gasteiger partial charge in [-0.3, -0.25) is 9.52 Å². The van der Waals surface area contributed by atoms with Crippen molar-refractivity contribution < 1.29 is 17.6 Å². The van der Waals surface area contributed by atoms with Gasteiger partial charge in [-0.25, -0.2) is 8.42 Å². The van der Waals surface area contributed by atoms with Crippen molar-refractivity contribution in [1.29, 1.82) is 0 Å². The quantitative estimate of drug-likeness (QED) is 0.576. The first kappa shape index (κ1) is 20.3. The van der Waals surface area contributed by atoms with Gasteiger partial charge in [0.05, 0.1) is 34.2 Å². The van der Waals surface area contributed by atoms with Crippen LogP contribution in [0.25, 0.3) is 0 Å². The molecule has 9 heteroatoms. The minimum Gasteiger partial charge on any atom is -0.467 e. The average Bonchev–Trinajstić information content (AvgIpc) is 3.17. The molecule has 28 heavy (non-hydrogen) atoms. The van der Waals surface area contributed by atoms with E-state index in [0.717, 1.165) is 5.56 Å². The van der Waals surface area contributed by atoms with Crippen LogP contribution in [0.5, 0.6) is 0 Å². The summed E-state index contributed by atoms with van der Waals surface area (Å²) in [6, 6.07) is 14.1. The monoisotopic (exact) mass is 438 g/mol. The number of halogens is 2. The molecule has 0 aliphatic rings. The van der Waals surface area contributed by atoms with Crippen molar-refractivity contribution in [3.05, 3.63) is 82.2 Å². The molecule has 0 atom stereocenters. The molecular weight excluding hydrogens is 423 g/mol. The lowest BCUT2D eigenvalue weighted by Gasteiger charge is -2.10. The summed E-state index contributed by atoms with van der Waals surface area (Å²) < 4.78 is 32.5. The van der Waals surface area contributed by atoms with E-state index in [4.69, 9.17) is 27.6 Å². The van der Waals surface area contributed by atoms with Crippen molar-refractivity contribution >= 4 is 44.8 Å². The van der Waals surface area contributed by atoms with Gasteiger partial charge < -0.3 is 9.73 Å². The normalized spacial score (nSPS) is 11.2. The number of hydrogen-bond acceptors (Lipinski definition) is 4. The van der Waals surface area contributed by atoms with Gasteiger partial charge in [0.1, 0.15) is 5.76 Å². The SMILES string of the molecule is O=C(Cc1ccc(NS(=O)(=O)c2ccc(Cl)c(Cl)c2)cc1)NCc1ccco1. The van der Waals surface area contributed by atoms with Crippen molar-refractivity contribution in [3.8, 4) is 0 Å². The molecule has 2 aromatic carbocycles. The second kappa shape index (κ2) is 8.68. The standard InChI is InChI=1S/C19H16Cl2N2O4S/c20-17-8-7-16(11-18(17)21)28(25,26)23-14-5-3-13(4-6-14)10-19(24)22-12-15-2-1-9-27-15/h1-9,11,23H,10,12H2,(H,22,24). The summed E-state index contributed by atoms with van der Waals surface area (Å²) in [5.74, 6) is 0.501. The molecule has 3 aromatic rings. The zero-order chi connectivity index (χ0) is 20.1. The van der Waals surface area contributed by atoms with Gasteiger partial charge in [-0.2, -0.15) is 0 Å². The number of furan rings is 1. The van der Waals surface area contributed by atoms with E-state index in [2.05, 4.69) is 10.0 Å². The molecule has 1 aromatic heterocycles. The predicted molar refractivity (Wildman–Crippen MR) is 108 cm³/mol. The molecule has 0 saturated heterocycles. The molecule has 0 bridgehead atoms. The number of rotatable bonds is 7. The third-order valence-electron chi connectivity index (χ3n) is 3.81. The number of hydrogen-bond donors (Lipinski definition) is 2. The largest absolute Gasteiger partial charge is 0.467 e. The van der Waals surface area contributed by atoms with Gasteiger partial charge in [0.15, 0.2) is 0 Å². The maximum Gasteiger partial charge on any atom is 0.261 e. The van der Waals surface area contributed by atoms with Gasteiger partial charge in [0, 0.05) is 5.69 Å². The van der Waals surface area contributed by atoms with Crippen LogP contribution in [0.3, 0.4) is 0 Å². The molecule has 1 heterocycles. The number of benzene rings is 2. The van der Waals surface area contributed by atoms with Gasteiger partial charge in [-0.1, -0.05) is 35.3 Å². The van der Waals surface area contributed by atoms with E-state index in [1.165, 1.54) is 18.2 Å². The van der Waals surface area contributed by atoms with E-state index >= 15 is 0 Å². The smallest absolute Gasteiger partial charge is 0.261 e. The first-order valence-corrected chi connectivity index (χ1v) is 10.4. The van der Waals surface area contributed by atoms with Gasteiger partial charge in [0.25, 0.3) is 10.0 Å². The lowest BCUT2D eigenvalue weighted by Crippen LogP contribution is -2.24. The Labute approximate surface area is 172 Å². The number of carbonyl (C=O) groups is 1. The lowest BCUT2D eigenvalue weighted by molar-refractivity contribution is -0.120. The highest BCUT2D eigenvalue weighted by molar-refractivity contribution is 7.92. The molecule has 1 amide bonds. The van der Waals surface area contributed by atoms with Crippen molar-refractivity contribution in [2.75, 3.05) is 4.72 Å². The molecule has 146 valence electrons. The van der Waals surface area contributed by atoms with Crippen LogP contribution in [0.2, 0.25) is 10.0 Å². The Balaban J connectivity index is 1.60. The zero-order valence-electron chi connectivity index (χ0n) is 14.5. The highest BCUT2D eigenvalue weighted by atomic mass is 35.5. The second-order valence-corrected chi connectivity index (χ2v) is 8.41. The Morgan fingerprint density at radius 3 is 2.39 bits per heavy atom. The van der Waals surface area contributed by atoms with Gasteiger partial charge in [0.2, 0.25) is 5.91 Å². The van der Waals surface area contributed by atoms with E-state index in [1.807, 2.05) is 0 Å². The summed E-state index contributed by atoms with van der Waals surface area (Å²) in [4.78, 5) is 12.0. The van der Waals surface area contributed by atoms with Crippen LogP contribution < -0.4 is 10.0 Å². The van der Waals surface area contributed by atoms with Crippen molar-refractivity contribution in [2.24, 2.45) is 0 Å². The van der Waals surface area contributed by atoms with E-state index in [9.17, 15) is 13.2 Å². The summed E-state index contributed by atoms with van der Waals surface area (Å²) in [7, 11) is -3.81. The molecule has 0 aliphatic heterocycles. The van der Waals surface area contributed by atoms with Gasteiger partial charge in [-0.05, 0) is 48.0 Å². The van der Waals surface area contributed by atoms with Crippen LogP contribution in [0.15, 0.2) is 70.2 Å². The number of anilines is 1. The Hall–Kier alpha value is -2.48. The van der Waals surface area contributed by atoms with Crippen LogP contribution in [0.1, 0.15) is 11.3 Å². The Kier molecular flexibility index (Phi) is 6.28. The zero-order valence-corrected chi connectivity index (χ0v) is 16.8. The molecule has 0 fully saturated rings. The maximum absolute atomic E-state index is 12.4. The second-order valence-electron chi connectivity index (χ2n) is 5.91. The fourth-order valence-corrected chi connectivity index (χ4v) is 3.84. The third-order valence-corrected chi connectivity index (χ3v) is 5.93. The Bertz CT molecular complexity index is 1070. The van der Waals surface area contributed by atoms with E-state index in [-0.39, 0.29) is 27.3 Å². The lowest BCUT2D eigenvalue weighted by atomic mass is 10.1. The molecule has 6 nitrogen and oxygen atoms in total. The Morgan fingerprint density at radius 2 is 1.75 bits per heavy atom. The number of sulfonamides is 1. The molecule has 0 radical (unpaired) electrons. The Morgan fingerprint density at radius 1 is 1.00 bits per heavy atom. The highest BCUT2D eigenvalue weighted by Crippen LogP contribution is 2.26. The summed E-state index contributed by atoms with van der Waals surface area (Å²) >= 11 is 11.7. The predicted octanol–water partition coefficient (Wildman–Crippen LogP) is 4.25. The molecule has 0 saturated carbocycles. The maximum atomic E-state index is 12.4. The topological polar surface area (TPSA) is 88.4 Å². The molecule has 0 unspecified atom stereocenters. The fraction of sp³-hybridized carbons (Fsp3) is 0.105. The van der Waals surface area contributed by atoms with Crippen LogP contribution in [-0.4, -0.2) is 14.3 Å². The minimum absolute atomic E-state index is 0.00304. The summed E-state index contributed by atoms with van der Waals surface area (Å²) in [6.45, 7) is 0.313. The van der Waals surface area contributed by atoms with Crippen LogP contribution >= 0.6 is 23.2 Å².